The van der Waals surface area contributed by atoms with Gasteiger partial charge in [0.25, 0.3) is 11.8 Å². The van der Waals surface area contributed by atoms with Gasteiger partial charge in [-0.2, -0.15) is 4.98 Å². The topological polar surface area (TPSA) is 93.2 Å². The molecular weight excluding hydrogens is 437 g/mol. The van der Waals surface area contributed by atoms with Crippen LogP contribution < -0.4 is 4.90 Å². The van der Waals surface area contributed by atoms with Crippen molar-refractivity contribution in [2.24, 2.45) is 0 Å². The van der Waals surface area contributed by atoms with E-state index in [9.17, 15) is 9.18 Å². The van der Waals surface area contributed by atoms with Crippen molar-refractivity contribution in [1.82, 2.24) is 29.6 Å². The third-order valence-corrected chi connectivity index (χ3v) is 6.20. The summed E-state index contributed by atoms with van der Waals surface area (Å²) < 4.78 is 20.2. The minimum absolute atomic E-state index is 0.118. The van der Waals surface area contributed by atoms with Crippen LogP contribution in [-0.4, -0.2) is 61.7 Å². The Morgan fingerprint density at radius 1 is 1.00 bits per heavy atom. The maximum Gasteiger partial charge on any atom is 0.274 e. The summed E-state index contributed by atoms with van der Waals surface area (Å²) in [5, 5.41) is 4.04. The van der Waals surface area contributed by atoms with Gasteiger partial charge in [-0.05, 0) is 49.2 Å². The molecule has 9 nitrogen and oxygen atoms in total. The van der Waals surface area contributed by atoms with Crippen LogP contribution in [0.1, 0.15) is 35.1 Å². The predicted octanol–water partition coefficient (Wildman–Crippen LogP) is 3.30. The van der Waals surface area contributed by atoms with Crippen LogP contribution in [0, 0.1) is 5.82 Å². The van der Waals surface area contributed by atoms with Crippen LogP contribution in [0.15, 0.2) is 59.6 Å². The normalized spacial score (nSPS) is 16.1. The van der Waals surface area contributed by atoms with E-state index in [1.807, 2.05) is 12.1 Å². The van der Waals surface area contributed by atoms with Crippen LogP contribution in [0.3, 0.4) is 0 Å². The van der Waals surface area contributed by atoms with Crippen molar-refractivity contribution in [3.8, 4) is 17.3 Å². The first-order valence-electron chi connectivity index (χ1n) is 11.3. The first-order chi connectivity index (χ1) is 16.6. The van der Waals surface area contributed by atoms with Crippen molar-refractivity contribution in [2.45, 2.75) is 18.8 Å². The summed E-state index contributed by atoms with van der Waals surface area (Å²) >= 11 is 0. The summed E-state index contributed by atoms with van der Waals surface area (Å²) in [6.07, 6.45) is 7.18. The van der Waals surface area contributed by atoms with E-state index in [0.717, 1.165) is 29.9 Å². The standard InChI is InChI=1S/C24H22FN7O2/c25-18-4-6-19(7-5-18)30-9-11-31(12-10-30)24(33)20-14-32(15-27-20)21-8-3-17(13-26-21)23-28-22(29-34-23)16-1-2-16/h3-8,13-16H,1-2,9-12H2. The average Bonchev–Trinajstić information content (AvgIpc) is 3.40. The number of aromatic nitrogens is 5. The van der Waals surface area contributed by atoms with Gasteiger partial charge in [0.05, 0.1) is 5.56 Å². The van der Waals surface area contributed by atoms with Gasteiger partial charge < -0.3 is 14.3 Å². The summed E-state index contributed by atoms with van der Waals surface area (Å²) in [6, 6.07) is 10.1. The van der Waals surface area contributed by atoms with Gasteiger partial charge in [-0.15, -0.1) is 0 Å². The van der Waals surface area contributed by atoms with Crippen LogP contribution in [-0.2, 0) is 0 Å². The molecule has 4 aromatic rings. The number of hydrogen-bond acceptors (Lipinski definition) is 7. The molecule has 1 saturated heterocycles. The highest BCUT2D eigenvalue weighted by atomic mass is 19.1. The Labute approximate surface area is 194 Å². The fourth-order valence-corrected chi connectivity index (χ4v) is 4.06. The zero-order valence-electron chi connectivity index (χ0n) is 18.3. The van der Waals surface area contributed by atoms with Gasteiger partial charge in [-0.3, -0.25) is 9.36 Å². The lowest BCUT2D eigenvalue weighted by Crippen LogP contribution is -2.48. The van der Waals surface area contributed by atoms with E-state index in [2.05, 4.69) is 25.0 Å². The van der Waals surface area contributed by atoms with Gasteiger partial charge in [0.1, 0.15) is 23.7 Å². The molecule has 2 fully saturated rings. The van der Waals surface area contributed by atoms with E-state index < -0.39 is 0 Å². The number of piperazine rings is 1. The van der Waals surface area contributed by atoms with Gasteiger partial charge in [0.15, 0.2) is 5.82 Å². The molecular formula is C24H22FN7O2. The van der Waals surface area contributed by atoms with Crippen molar-refractivity contribution in [1.29, 1.82) is 0 Å². The SMILES string of the molecule is O=C(c1cn(-c2ccc(-c3nc(C4CC4)no3)cn2)cn1)N1CCN(c2ccc(F)cc2)CC1. The monoisotopic (exact) mass is 459 g/mol. The zero-order chi connectivity index (χ0) is 23.1. The van der Waals surface area contributed by atoms with E-state index in [4.69, 9.17) is 4.52 Å². The fraction of sp³-hybridized carbons (Fsp3) is 0.292. The van der Waals surface area contributed by atoms with E-state index in [-0.39, 0.29) is 11.7 Å². The number of rotatable bonds is 5. The number of benzene rings is 1. The molecule has 0 unspecified atom stereocenters. The first kappa shape index (κ1) is 20.5. The maximum atomic E-state index is 13.2. The van der Waals surface area contributed by atoms with Crippen LogP contribution >= 0.6 is 0 Å². The molecule has 0 N–H and O–H groups in total. The number of halogens is 1. The van der Waals surface area contributed by atoms with Crippen molar-refractivity contribution in [2.75, 3.05) is 31.1 Å². The highest BCUT2D eigenvalue weighted by molar-refractivity contribution is 5.92. The van der Waals surface area contributed by atoms with E-state index in [1.165, 1.54) is 12.1 Å². The van der Waals surface area contributed by atoms with Crippen LogP contribution in [0.2, 0.25) is 0 Å². The van der Waals surface area contributed by atoms with Gasteiger partial charge in [-0.1, -0.05) is 5.16 Å². The number of anilines is 1. The fourth-order valence-electron chi connectivity index (χ4n) is 4.06. The van der Waals surface area contributed by atoms with Crippen LogP contribution in [0.4, 0.5) is 10.1 Å². The number of imidazole rings is 1. The minimum atomic E-state index is -0.255. The van der Waals surface area contributed by atoms with Crippen molar-refractivity contribution < 1.29 is 13.7 Å². The Morgan fingerprint density at radius 2 is 1.79 bits per heavy atom. The van der Waals surface area contributed by atoms with Gasteiger partial charge in [0.2, 0.25) is 0 Å². The van der Waals surface area contributed by atoms with Crippen LogP contribution in [0.25, 0.3) is 17.3 Å². The molecule has 1 aliphatic carbocycles. The summed E-state index contributed by atoms with van der Waals surface area (Å²) in [7, 11) is 0. The van der Waals surface area contributed by atoms with E-state index >= 15 is 0 Å². The number of hydrogen-bond donors (Lipinski definition) is 0. The Balaban J connectivity index is 1.10. The number of carbonyl (C=O) groups is 1. The number of pyridine rings is 1. The molecule has 3 aromatic heterocycles. The molecule has 0 radical (unpaired) electrons. The van der Waals surface area contributed by atoms with Crippen LogP contribution in [0.5, 0.6) is 0 Å². The second-order valence-corrected chi connectivity index (χ2v) is 8.56. The second kappa shape index (κ2) is 8.36. The molecule has 1 aromatic carbocycles. The lowest BCUT2D eigenvalue weighted by Gasteiger charge is -2.35. The quantitative estimate of drug-likeness (QED) is 0.452. The molecule has 1 amide bonds. The summed E-state index contributed by atoms with van der Waals surface area (Å²) in [6.45, 7) is 2.50. The predicted molar refractivity (Wildman–Crippen MR) is 121 cm³/mol. The molecule has 1 aliphatic heterocycles. The summed E-state index contributed by atoms with van der Waals surface area (Å²) in [5.41, 5.74) is 2.07. The molecule has 172 valence electrons. The van der Waals surface area contributed by atoms with E-state index in [1.54, 1.807) is 40.3 Å². The van der Waals surface area contributed by atoms with Gasteiger partial charge in [0, 0.05) is 50.2 Å². The third-order valence-electron chi connectivity index (χ3n) is 6.20. The smallest absolute Gasteiger partial charge is 0.274 e. The molecule has 2 aliphatic rings. The number of amides is 1. The first-order valence-corrected chi connectivity index (χ1v) is 11.3. The Bertz CT molecular complexity index is 1300. The van der Waals surface area contributed by atoms with E-state index in [0.29, 0.717) is 49.5 Å². The molecule has 6 rings (SSSR count). The number of carbonyl (C=O) groups excluding carboxylic acids is 1. The highest BCUT2D eigenvalue weighted by Crippen LogP contribution is 2.38. The Hall–Kier alpha value is -4.08. The largest absolute Gasteiger partial charge is 0.368 e. The third kappa shape index (κ3) is 4.02. The lowest BCUT2D eigenvalue weighted by molar-refractivity contribution is 0.0741. The van der Waals surface area contributed by atoms with Gasteiger partial charge in [-0.25, -0.2) is 14.4 Å². The molecule has 0 bridgehead atoms. The maximum absolute atomic E-state index is 13.2. The molecule has 4 heterocycles. The Morgan fingerprint density at radius 3 is 2.50 bits per heavy atom. The molecule has 34 heavy (non-hydrogen) atoms. The summed E-state index contributed by atoms with van der Waals surface area (Å²) in [4.78, 5) is 30.1. The van der Waals surface area contributed by atoms with Crippen molar-refractivity contribution in [3.05, 3.63) is 72.5 Å². The molecule has 10 heteroatoms. The van der Waals surface area contributed by atoms with Crippen molar-refractivity contribution >= 4 is 11.6 Å². The van der Waals surface area contributed by atoms with Gasteiger partial charge >= 0.3 is 0 Å². The zero-order valence-corrected chi connectivity index (χ0v) is 18.3. The number of nitrogens with zero attached hydrogens (tertiary/aromatic N) is 7. The average molecular weight is 459 g/mol. The van der Waals surface area contributed by atoms with Crippen molar-refractivity contribution in [3.63, 3.8) is 0 Å². The molecule has 0 atom stereocenters. The second-order valence-electron chi connectivity index (χ2n) is 8.56. The minimum Gasteiger partial charge on any atom is -0.368 e. The molecule has 1 saturated carbocycles. The lowest BCUT2D eigenvalue weighted by atomic mass is 10.2. The Kier molecular flexibility index (Phi) is 5.05. The summed E-state index contributed by atoms with van der Waals surface area (Å²) in [5.74, 6) is 1.91. The highest BCUT2D eigenvalue weighted by Gasteiger charge is 2.29. The molecule has 0 spiro atoms.